The van der Waals surface area contributed by atoms with Gasteiger partial charge in [0.2, 0.25) is 0 Å². The summed E-state index contributed by atoms with van der Waals surface area (Å²) in [7, 11) is -6.35. The van der Waals surface area contributed by atoms with Crippen molar-refractivity contribution in [2.24, 2.45) is 0 Å². The Balaban J connectivity index is 3.19. The predicted molar refractivity (Wildman–Crippen MR) is 65.0 cm³/mol. The Kier molecular flexibility index (Phi) is 4.52. The Morgan fingerprint density at radius 1 is 0.955 bits per heavy atom. The maximum Gasteiger partial charge on any atom is 0.461 e. The summed E-state index contributed by atoms with van der Waals surface area (Å²) in [5.41, 5.74) is -0.168. The molecule has 0 aromatic heterocycles. The van der Waals surface area contributed by atoms with E-state index in [9.17, 15) is 39.2 Å². The van der Waals surface area contributed by atoms with Gasteiger partial charge in [-0.15, -0.1) is 0 Å². The highest BCUT2D eigenvalue weighted by atomic mass is 32.2. The Morgan fingerprint density at radius 2 is 1.41 bits per heavy atom. The van der Waals surface area contributed by atoms with Crippen molar-refractivity contribution in [3.63, 3.8) is 0 Å². The summed E-state index contributed by atoms with van der Waals surface area (Å²) in [4.78, 5) is 0. The number of hydrogen-bond acceptors (Lipinski definition) is 2. The van der Waals surface area contributed by atoms with E-state index in [0.29, 0.717) is 5.56 Å². The third kappa shape index (κ3) is 3.03. The number of anilines is 1. The number of benzene rings is 1. The number of rotatable bonds is 5. The van der Waals surface area contributed by atoms with E-state index in [1.54, 1.807) is 0 Å². The molecule has 0 saturated heterocycles. The Morgan fingerprint density at radius 3 is 1.77 bits per heavy atom. The summed E-state index contributed by atoms with van der Waals surface area (Å²) >= 11 is 0. The Bertz CT molecular complexity index is 650. The predicted octanol–water partition coefficient (Wildman–Crippen LogP) is 3.86. The average Bonchev–Trinajstić information content (AvgIpc) is 2.37. The minimum atomic E-state index is -6.76. The molecule has 0 bridgehead atoms. The van der Waals surface area contributed by atoms with Crippen molar-refractivity contribution in [2.45, 2.75) is 17.4 Å². The van der Waals surface area contributed by atoms with E-state index in [0.717, 1.165) is 16.9 Å². The summed E-state index contributed by atoms with van der Waals surface area (Å²) < 4.78 is 111. The van der Waals surface area contributed by atoms with E-state index in [-0.39, 0.29) is 0 Å². The molecule has 0 spiro atoms. The largest absolute Gasteiger partial charge is 0.461 e. The third-order valence-corrected chi connectivity index (χ3v) is 3.89. The highest BCUT2D eigenvalue weighted by molar-refractivity contribution is 7.93. The number of sulfonamides is 1. The first-order valence-corrected chi connectivity index (χ1v) is 6.82. The smallest absolute Gasteiger partial charge is 0.278 e. The molecular weight excluding hydrogens is 343 g/mol. The number of halogens is 7. The molecule has 0 amide bonds. The summed E-state index contributed by atoms with van der Waals surface area (Å²) in [6.45, 7) is 3.35. The molecule has 0 fully saturated rings. The van der Waals surface area contributed by atoms with E-state index in [1.165, 1.54) is 18.2 Å². The second kappa shape index (κ2) is 5.45. The SMILES string of the molecule is C=Cc1ccc(NS(=O)(=O)C(F)(F)C(F)(F)C(F)(F)F)cc1. The van der Waals surface area contributed by atoms with Gasteiger partial charge in [0.1, 0.15) is 0 Å². The molecule has 124 valence electrons. The van der Waals surface area contributed by atoms with Gasteiger partial charge in [-0.2, -0.15) is 39.2 Å². The van der Waals surface area contributed by atoms with Crippen molar-refractivity contribution in [1.29, 1.82) is 0 Å². The van der Waals surface area contributed by atoms with Crippen LogP contribution in [-0.2, 0) is 10.0 Å². The van der Waals surface area contributed by atoms with E-state index in [2.05, 4.69) is 6.58 Å². The molecule has 0 saturated carbocycles. The van der Waals surface area contributed by atoms with Gasteiger partial charge < -0.3 is 0 Å². The fourth-order valence-electron chi connectivity index (χ4n) is 1.24. The van der Waals surface area contributed by atoms with Crippen LogP contribution in [0.4, 0.5) is 36.4 Å². The molecule has 0 radical (unpaired) electrons. The van der Waals surface area contributed by atoms with Crippen molar-refractivity contribution in [1.82, 2.24) is 0 Å². The quantitative estimate of drug-likeness (QED) is 0.819. The van der Waals surface area contributed by atoms with Crippen LogP contribution in [-0.4, -0.2) is 25.8 Å². The van der Waals surface area contributed by atoms with Gasteiger partial charge in [-0.3, -0.25) is 4.72 Å². The van der Waals surface area contributed by atoms with Gasteiger partial charge in [-0.25, -0.2) is 0 Å². The molecule has 0 heterocycles. The molecule has 1 N–H and O–H groups in total. The van der Waals surface area contributed by atoms with Crippen molar-refractivity contribution < 1.29 is 39.2 Å². The first-order valence-electron chi connectivity index (χ1n) is 5.33. The topological polar surface area (TPSA) is 46.2 Å². The summed E-state index contributed by atoms with van der Waals surface area (Å²) in [6, 6.07) is 4.17. The van der Waals surface area contributed by atoms with E-state index in [4.69, 9.17) is 0 Å². The van der Waals surface area contributed by atoms with Crippen LogP contribution in [0.25, 0.3) is 6.08 Å². The van der Waals surface area contributed by atoms with Gasteiger partial charge in [0.15, 0.2) is 0 Å². The van der Waals surface area contributed by atoms with Gasteiger partial charge in [-0.05, 0) is 17.7 Å². The van der Waals surface area contributed by atoms with Crippen LogP contribution in [0.15, 0.2) is 30.8 Å². The minimum Gasteiger partial charge on any atom is -0.278 e. The molecule has 1 aromatic rings. The highest BCUT2D eigenvalue weighted by Crippen LogP contribution is 2.49. The third-order valence-electron chi connectivity index (χ3n) is 2.46. The van der Waals surface area contributed by atoms with E-state index < -0.39 is 33.1 Å². The lowest BCUT2D eigenvalue weighted by Gasteiger charge is -2.27. The van der Waals surface area contributed by atoms with Gasteiger partial charge >= 0.3 is 27.4 Å². The van der Waals surface area contributed by atoms with Crippen molar-refractivity contribution in [3.8, 4) is 0 Å². The van der Waals surface area contributed by atoms with Crippen LogP contribution in [0.3, 0.4) is 0 Å². The monoisotopic (exact) mass is 351 g/mol. The van der Waals surface area contributed by atoms with Crippen molar-refractivity contribution in [2.75, 3.05) is 4.72 Å². The Hall–Kier alpha value is -1.78. The van der Waals surface area contributed by atoms with Crippen LogP contribution in [0.1, 0.15) is 5.56 Å². The maximum absolute atomic E-state index is 13.2. The molecule has 0 aliphatic heterocycles. The average molecular weight is 351 g/mol. The lowest BCUT2D eigenvalue weighted by atomic mass is 10.2. The van der Waals surface area contributed by atoms with E-state index in [1.807, 2.05) is 0 Å². The molecule has 1 rings (SSSR count). The van der Waals surface area contributed by atoms with Gasteiger partial charge in [-0.1, -0.05) is 24.8 Å². The Labute approximate surface area is 120 Å². The summed E-state index contributed by atoms with van der Waals surface area (Å²) in [6.07, 6.45) is -5.43. The minimum absolute atomic E-state index is 0.440. The molecule has 0 unspecified atom stereocenters. The first kappa shape index (κ1) is 18.3. The lowest BCUT2D eigenvalue weighted by molar-refractivity contribution is -0.332. The van der Waals surface area contributed by atoms with Gasteiger partial charge in [0.25, 0.3) is 0 Å². The van der Waals surface area contributed by atoms with Gasteiger partial charge in [0, 0.05) is 5.69 Å². The molecule has 3 nitrogen and oxygen atoms in total. The first-order chi connectivity index (χ1) is 9.76. The zero-order valence-electron chi connectivity index (χ0n) is 10.5. The molecule has 0 aliphatic carbocycles. The van der Waals surface area contributed by atoms with Crippen molar-refractivity contribution in [3.05, 3.63) is 36.4 Å². The molecule has 22 heavy (non-hydrogen) atoms. The molecule has 11 heteroatoms. The van der Waals surface area contributed by atoms with Crippen molar-refractivity contribution >= 4 is 21.8 Å². The van der Waals surface area contributed by atoms with E-state index >= 15 is 0 Å². The standard InChI is InChI=1S/C11H8F7NO2S/c1-2-7-3-5-8(6-4-7)19-22(20,21)11(17,18)9(12,13)10(14,15)16/h2-6,19H,1H2. The summed E-state index contributed by atoms with van der Waals surface area (Å²) in [5, 5.41) is -6.39. The molecule has 1 aromatic carbocycles. The highest BCUT2D eigenvalue weighted by Gasteiger charge is 2.78. The number of alkyl halides is 7. The fraction of sp³-hybridized carbons (Fsp3) is 0.273. The number of nitrogens with one attached hydrogen (secondary N) is 1. The molecular formula is C11H8F7NO2S. The molecule has 0 aliphatic rings. The molecule has 0 atom stereocenters. The zero-order valence-corrected chi connectivity index (χ0v) is 11.3. The van der Waals surface area contributed by atoms with Crippen LogP contribution < -0.4 is 4.72 Å². The summed E-state index contributed by atoms with van der Waals surface area (Å²) in [5.74, 6) is -6.76. The van der Waals surface area contributed by atoms with Crippen LogP contribution >= 0.6 is 0 Å². The number of hydrogen-bond donors (Lipinski definition) is 1. The second-order valence-corrected chi connectivity index (χ2v) is 5.74. The van der Waals surface area contributed by atoms with Crippen LogP contribution in [0.5, 0.6) is 0 Å². The maximum atomic E-state index is 13.2. The van der Waals surface area contributed by atoms with Crippen LogP contribution in [0.2, 0.25) is 0 Å². The second-order valence-electron chi connectivity index (χ2n) is 4.02. The fourth-order valence-corrected chi connectivity index (χ4v) is 2.27. The van der Waals surface area contributed by atoms with Crippen LogP contribution in [0, 0.1) is 0 Å². The van der Waals surface area contributed by atoms with Gasteiger partial charge in [0.05, 0.1) is 0 Å². The lowest BCUT2D eigenvalue weighted by Crippen LogP contribution is -2.57. The zero-order chi connectivity index (χ0) is 17.4. The normalized spacial score (nSPS) is 13.8.